The van der Waals surface area contributed by atoms with Gasteiger partial charge in [0.15, 0.2) is 0 Å². The first-order valence-corrected chi connectivity index (χ1v) is 16.7. The largest absolute Gasteiger partial charge is 0.363 e. The van der Waals surface area contributed by atoms with Crippen molar-refractivity contribution in [3.8, 4) is 11.8 Å². The van der Waals surface area contributed by atoms with E-state index >= 15 is 0 Å². The van der Waals surface area contributed by atoms with Gasteiger partial charge in [-0.15, -0.1) is 17.3 Å². The van der Waals surface area contributed by atoms with Crippen LogP contribution < -0.4 is 0 Å². The number of aryl methyl sites for hydroxylation is 8. The minimum Gasteiger partial charge on any atom is -0.363 e. The summed E-state index contributed by atoms with van der Waals surface area (Å²) >= 11 is 1.84. The monoisotopic (exact) mass is 631 g/mol. The molecule has 0 aliphatic rings. The molecule has 244 valence electrons. The molecule has 0 amide bonds. The minimum absolute atomic E-state index is 1.09. The highest BCUT2D eigenvalue weighted by Crippen LogP contribution is 2.12. The maximum atomic E-state index is 3.14. The molecule has 2 aromatic heterocycles. The van der Waals surface area contributed by atoms with E-state index in [4.69, 9.17) is 0 Å². The summed E-state index contributed by atoms with van der Waals surface area (Å²) in [5, 5.41) is 0. The Bertz CT molecular complexity index is 1470. The Balaban J connectivity index is 0.000000538. The fourth-order valence-corrected chi connectivity index (χ4v) is 4.27. The first-order chi connectivity index (χ1) is 21.9. The Labute approximate surface area is 286 Å². The van der Waals surface area contributed by atoms with Crippen LogP contribution in [0, 0.1) is 67.2 Å². The molecule has 0 spiro atoms. The lowest BCUT2D eigenvalue weighted by Crippen LogP contribution is -1.73. The van der Waals surface area contributed by atoms with Gasteiger partial charge in [0.2, 0.25) is 0 Å². The van der Waals surface area contributed by atoms with Gasteiger partial charge in [0.1, 0.15) is 0 Å². The number of rotatable bonds is 1. The van der Waals surface area contributed by atoms with Crippen molar-refractivity contribution in [2.75, 3.05) is 0 Å². The molecule has 1 nitrogen and oxygen atoms in total. The summed E-state index contributed by atoms with van der Waals surface area (Å²) in [4.78, 5) is 5.94. The van der Waals surface area contributed by atoms with Crippen LogP contribution in [0.4, 0.5) is 0 Å². The molecule has 2 heterocycles. The second-order valence-corrected chi connectivity index (χ2v) is 12.4. The van der Waals surface area contributed by atoms with Crippen molar-refractivity contribution in [2.45, 2.75) is 83.1 Å². The number of H-pyrrole nitrogens is 1. The quantitative estimate of drug-likeness (QED) is 0.140. The molecule has 0 bridgehead atoms. The number of nitrogens with one attached hydrogen (secondary N) is 1. The van der Waals surface area contributed by atoms with E-state index in [0.717, 1.165) is 5.56 Å². The summed E-state index contributed by atoms with van der Waals surface area (Å²) < 4.78 is 0. The van der Waals surface area contributed by atoms with Crippen LogP contribution in [0.2, 0.25) is 0 Å². The zero-order chi connectivity index (χ0) is 34.7. The van der Waals surface area contributed by atoms with Crippen LogP contribution in [0.3, 0.4) is 0 Å². The minimum atomic E-state index is 1.09. The topological polar surface area (TPSA) is 15.8 Å². The molecule has 0 fully saturated rings. The van der Waals surface area contributed by atoms with Crippen molar-refractivity contribution in [3.63, 3.8) is 0 Å². The fourth-order valence-electron chi connectivity index (χ4n) is 3.49. The molecule has 3 aromatic carbocycles. The standard InChI is InChI=1S/C10H12.C10H10.C8H10.C6H9N.C6H8S.C4H8/c2*1-3-4-10-7-5-9(2)6-8-10;1-7-3-5-8(2)6-4-7;2*1-5-3-4-6(2)7-5;1-3-4-2/h3-8H,1-2H3;5-8H,1-2H3;3-6H,1-2H3;3-4,7H,1-2H3;3-4H,1-2H3;3-4H,1-2H3/b4-3+;;;;;4-3+. The number of hydrogen-bond donors (Lipinski definition) is 1. The summed E-state index contributed by atoms with van der Waals surface area (Å²) in [5.41, 5.74) is 10.1. The van der Waals surface area contributed by atoms with E-state index in [1.807, 2.05) is 83.2 Å². The van der Waals surface area contributed by atoms with Crippen LogP contribution in [0.25, 0.3) is 6.08 Å². The SMILES string of the molecule is C/C=C/C.C/C=C/c1ccc(C)cc1.CC#Cc1ccc(C)cc1.Cc1ccc(C)[nH]1.Cc1ccc(C)cc1.Cc1ccc(C)s1. The summed E-state index contributed by atoms with van der Waals surface area (Å²) in [6, 6.07) is 33.6. The third-order valence-corrected chi connectivity index (χ3v) is 7.08. The van der Waals surface area contributed by atoms with Gasteiger partial charge in [0.25, 0.3) is 0 Å². The van der Waals surface area contributed by atoms with Crippen molar-refractivity contribution in [1.82, 2.24) is 4.98 Å². The van der Waals surface area contributed by atoms with Gasteiger partial charge in [-0.3, -0.25) is 0 Å². The lowest BCUT2D eigenvalue weighted by atomic mass is 10.1. The third kappa shape index (κ3) is 23.1. The van der Waals surface area contributed by atoms with Crippen LogP contribution in [0.15, 0.2) is 115 Å². The molecule has 5 aromatic rings. The molecule has 0 radical (unpaired) electrons. The van der Waals surface area contributed by atoms with Crippen molar-refractivity contribution < 1.29 is 0 Å². The Kier molecular flexibility index (Phi) is 23.5. The van der Waals surface area contributed by atoms with Crippen molar-refractivity contribution in [3.05, 3.63) is 170 Å². The average Bonchev–Trinajstić information content (AvgIpc) is 3.62. The maximum absolute atomic E-state index is 3.14. The number of hydrogen-bond acceptors (Lipinski definition) is 1. The number of aromatic amines is 1. The second-order valence-electron chi connectivity index (χ2n) is 11.0. The highest BCUT2D eigenvalue weighted by Gasteiger charge is 1.86. The molecular weight excluding hydrogens is 575 g/mol. The van der Waals surface area contributed by atoms with E-state index in [2.05, 4.69) is 149 Å². The third-order valence-electron chi connectivity index (χ3n) is 6.16. The van der Waals surface area contributed by atoms with E-state index in [-0.39, 0.29) is 0 Å². The molecule has 0 atom stereocenters. The van der Waals surface area contributed by atoms with Crippen LogP contribution >= 0.6 is 11.3 Å². The molecule has 46 heavy (non-hydrogen) atoms. The lowest BCUT2D eigenvalue weighted by molar-refractivity contribution is 1.19. The smallest absolute Gasteiger partial charge is 0.0245 e. The van der Waals surface area contributed by atoms with E-state index in [1.54, 1.807) is 0 Å². The number of allylic oxidation sites excluding steroid dienone is 3. The predicted octanol–water partition coefficient (Wildman–Crippen LogP) is 13.3. The van der Waals surface area contributed by atoms with Gasteiger partial charge >= 0.3 is 0 Å². The van der Waals surface area contributed by atoms with Crippen LogP contribution in [-0.4, -0.2) is 4.98 Å². The summed E-state index contributed by atoms with van der Waals surface area (Å²) in [7, 11) is 0. The Morgan fingerprint density at radius 3 is 1.11 bits per heavy atom. The van der Waals surface area contributed by atoms with Gasteiger partial charge in [-0.25, -0.2) is 0 Å². The lowest BCUT2D eigenvalue weighted by Gasteiger charge is -1.92. The highest BCUT2D eigenvalue weighted by molar-refractivity contribution is 7.11. The molecule has 0 saturated carbocycles. The summed E-state index contributed by atoms with van der Waals surface area (Å²) in [5.74, 6) is 5.84. The zero-order valence-electron chi connectivity index (χ0n) is 30.5. The first kappa shape index (κ1) is 41.7. The van der Waals surface area contributed by atoms with Crippen molar-refractivity contribution >= 4 is 17.4 Å². The van der Waals surface area contributed by atoms with Gasteiger partial charge in [0, 0.05) is 26.7 Å². The molecule has 1 N–H and O–H groups in total. The van der Waals surface area contributed by atoms with E-state index in [0.29, 0.717) is 0 Å². The van der Waals surface area contributed by atoms with Crippen LogP contribution in [-0.2, 0) is 0 Å². The summed E-state index contributed by atoms with van der Waals surface area (Å²) in [6.45, 7) is 24.6. The normalized spacial score (nSPS) is 9.39. The zero-order valence-corrected chi connectivity index (χ0v) is 31.3. The highest BCUT2D eigenvalue weighted by atomic mass is 32.1. The van der Waals surface area contributed by atoms with E-state index in [1.165, 1.54) is 49.0 Å². The first-order valence-electron chi connectivity index (χ1n) is 15.9. The molecule has 0 aliphatic carbocycles. The van der Waals surface area contributed by atoms with Gasteiger partial charge in [-0.1, -0.05) is 113 Å². The Hall–Kier alpha value is -4.32. The number of thiophene rings is 1. The second kappa shape index (κ2) is 26.0. The van der Waals surface area contributed by atoms with Crippen LogP contribution in [0.5, 0.6) is 0 Å². The fraction of sp³-hybridized carbons (Fsp3) is 0.273. The molecule has 5 rings (SSSR count). The van der Waals surface area contributed by atoms with Gasteiger partial charge in [0.05, 0.1) is 0 Å². The van der Waals surface area contributed by atoms with Crippen LogP contribution in [0.1, 0.15) is 82.2 Å². The molecule has 0 unspecified atom stereocenters. The van der Waals surface area contributed by atoms with Gasteiger partial charge in [-0.2, -0.15) is 0 Å². The van der Waals surface area contributed by atoms with Gasteiger partial charge < -0.3 is 4.98 Å². The van der Waals surface area contributed by atoms with Crippen molar-refractivity contribution in [1.29, 1.82) is 0 Å². The Morgan fingerprint density at radius 2 is 0.848 bits per heavy atom. The number of aromatic nitrogens is 1. The average molecular weight is 632 g/mol. The van der Waals surface area contributed by atoms with Gasteiger partial charge in [-0.05, 0) is 125 Å². The van der Waals surface area contributed by atoms with E-state index in [9.17, 15) is 0 Å². The predicted molar refractivity (Wildman–Crippen MR) is 210 cm³/mol. The molecule has 0 aliphatic heterocycles. The van der Waals surface area contributed by atoms with E-state index < -0.39 is 0 Å². The molecule has 0 saturated heterocycles. The summed E-state index contributed by atoms with van der Waals surface area (Å²) in [6.07, 6.45) is 8.14. The maximum Gasteiger partial charge on any atom is 0.0245 e. The number of benzene rings is 3. The van der Waals surface area contributed by atoms with Crippen molar-refractivity contribution in [2.24, 2.45) is 0 Å². The molecule has 2 heteroatoms. The molecular formula is C44H57NS. The Morgan fingerprint density at radius 1 is 0.478 bits per heavy atom.